The fourth-order valence-corrected chi connectivity index (χ4v) is 5.24. The average Bonchev–Trinajstić information content (AvgIpc) is 3.32. The first-order chi connectivity index (χ1) is 13.0. The summed E-state index contributed by atoms with van der Waals surface area (Å²) in [6.07, 6.45) is 5.13. The van der Waals surface area contributed by atoms with E-state index in [0.717, 1.165) is 19.4 Å². The summed E-state index contributed by atoms with van der Waals surface area (Å²) < 4.78 is 24.7. The first-order valence-electron chi connectivity index (χ1n) is 8.95. The SMILES string of the molecule is O=C(N[C@H]1CCS(=O)(=O)C1)[C@@H]1CCCN(c2ccc(-n3cncn3)nn2)C1. The molecule has 0 radical (unpaired) electrons. The number of hydrogen-bond acceptors (Lipinski definition) is 8. The van der Waals surface area contributed by atoms with Gasteiger partial charge in [-0.3, -0.25) is 4.79 Å². The number of anilines is 1. The number of amides is 1. The van der Waals surface area contributed by atoms with Crippen LogP contribution in [0.5, 0.6) is 0 Å². The average molecular weight is 391 g/mol. The molecule has 1 amide bonds. The molecule has 0 unspecified atom stereocenters. The van der Waals surface area contributed by atoms with Crippen molar-refractivity contribution in [2.75, 3.05) is 29.5 Å². The van der Waals surface area contributed by atoms with E-state index in [2.05, 4.69) is 25.6 Å². The van der Waals surface area contributed by atoms with E-state index in [9.17, 15) is 13.2 Å². The number of sulfone groups is 1. The van der Waals surface area contributed by atoms with Crippen LogP contribution < -0.4 is 10.2 Å². The van der Waals surface area contributed by atoms with Crippen LogP contribution in [0.2, 0.25) is 0 Å². The summed E-state index contributed by atoms with van der Waals surface area (Å²) in [4.78, 5) is 18.5. The number of hydrogen-bond donors (Lipinski definition) is 1. The third kappa shape index (κ3) is 4.07. The van der Waals surface area contributed by atoms with Crippen LogP contribution in [0.25, 0.3) is 5.82 Å². The summed E-state index contributed by atoms with van der Waals surface area (Å²) in [5, 5.41) is 15.3. The van der Waals surface area contributed by atoms with E-state index >= 15 is 0 Å². The highest BCUT2D eigenvalue weighted by Gasteiger charge is 2.32. The molecule has 4 heterocycles. The van der Waals surface area contributed by atoms with Gasteiger partial charge >= 0.3 is 0 Å². The Bertz CT molecular complexity index is 899. The van der Waals surface area contributed by atoms with Crippen LogP contribution in [-0.2, 0) is 14.6 Å². The van der Waals surface area contributed by atoms with Crippen LogP contribution in [0.3, 0.4) is 0 Å². The number of aromatic nitrogens is 5. The number of carbonyl (C=O) groups excluding carboxylic acids is 1. The van der Waals surface area contributed by atoms with Crippen LogP contribution in [0, 0.1) is 5.92 Å². The predicted octanol–water partition coefficient (Wildman–Crippen LogP) is -0.423. The number of piperidine rings is 1. The van der Waals surface area contributed by atoms with Crippen LogP contribution in [0.15, 0.2) is 24.8 Å². The molecule has 2 fully saturated rings. The van der Waals surface area contributed by atoms with Gasteiger partial charge in [-0.15, -0.1) is 10.2 Å². The molecular formula is C16H21N7O3S. The zero-order valence-corrected chi connectivity index (χ0v) is 15.5. The van der Waals surface area contributed by atoms with Gasteiger partial charge in [0.15, 0.2) is 21.5 Å². The highest BCUT2D eigenvalue weighted by molar-refractivity contribution is 7.91. The lowest BCUT2D eigenvalue weighted by Crippen LogP contribution is -2.46. The third-order valence-corrected chi connectivity index (χ3v) is 6.75. The van der Waals surface area contributed by atoms with Gasteiger partial charge in [0, 0.05) is 19.1 Å². The number of rotatable bonds is 4. The minimum Gasteiger partial charge on any atom is -0.354 e. The van der Waals surface area contributed by atoms with E-state index < -0.39 is 9.84 Å². The van der Waals surface area contributed by atoms with Gasteiger partial charge in [-0.05, 0) is 31.4 Å². The normalized spacial score (nSPS) is 24.7. The van der Waals surface area contributed by atoms with E-state index in [1.807, 2.05) is 17.0 Å². The van der Waals surface area contributed by atoms with Gasteiger partial charge in [0.05, 0.1) is 17.4 Å². The zero-order chi connectivity index (χ0) is 18.9. The molecule has 2 aromatic heterocycles. The van der Waals surface area contributed by atoms with Gasteiger partial charge in [0.1, 0.15) is 12.7 Å². The van der Waals surface area contributed by atoms with Gasteiger partial charge in [0.2, 0.25) is 5.91 Å². The molecule has 2 saturated heterocycles. The van der Waals surface area contributed by atoms with Crippen LogP contribution in [0.1, 0.15) is 19.3 Å². The first kappa shape index (κ1) is 17.8. The number of nitrogens with zero attached hydrogens (tertiary/aromatic N) is 6. The zero-order valence-electron chi connectivity index (χ0n) is 14.7. The van der Waals surface area contributed by atoms with Crippen molar-refractivity contribution in [1.82, 2.24) is 30.3 Å². The van der Waals surface area contributed by atoms with Gasteiger partial charge in [-0.25, -0.2) is 18.1 Å². The Balaban J connectivity index is 1.38. The molecule has 0 bridgehead atoms. The highest BCUT2D eigenvalue weighted by atomic mass is 32.2. The standard InChI is InChI=1S/C16H21N7O3S/c24-16(19-13-5-7-27(25,26)9-13)12-2-1-6-22(8-12)14-3-4-15(21-20-14)23-11-17-10-18-23/h3-4,10-13H,1-2,5-9H2,(H,19,24)/t12-,13+/m1/s1. The number of nitrogens with one attached hydrogen (secondary N) is 1. The second-order valence-corrected chi connectivity index (χ2v) is 9.21. The monoisotopic (exact) mass is 391 g/mol. The van der Waals surface area contributed by atoms with Crippen molar-refractivity contribution in [3.8, 4) is 5.82 Å². The molecular weight excluding hydrogens is 370 g/mol. The second-order valence-electron chi connectivity index (χ2n) is 6.98. The summed E-state index contributed by atoms with van der Waals surface area (Å²) in [7, 11) is -3.00. The Hall–Kier alpha value is -2.56. The second kappa shape index (κ2) is 7.22. The van der Waals surface area contributed by atoms with Crippen molar-refractivity contribution in [3.63, 3.8) is 0 Å². The predicted molar refractivity (Wildman–Crippen MR) is 97.1 cm³/mol. The van der Waals surface area contributed by atoms with Crippen molar-refractivity contribution in [2.24, 2.45) is 5.92 Å². The minimum atomic E-state index is -3.00. The summed E-state index contributed by atoms with van der Waals surface area (Å²) in [5.74, 6) is 1.23. The van der Waals surface area contributed by atoms with E-state index in [4.69, 9.17) is 0 Å². The summed E-state index contributed by atoms with van der Waals surface area (Å²) in [6.45, 7) is 1.35. The lowest BCUT2D eigenvalue weighted by Gasteiger charge is -2.33. The Morgan fingerprint density at radius 2 is 2.00 bits per heavy atom. The molecule has 0 aromatic carbocycles. The van der Waals surface area contributed by atoms with Crippen molar-refractivity contribution in [1.29, 1.82) is 0 Å². The quantitative estimate of drug-likeness (QED) is 0.745. The third-order valence-electron chi connectivity index (χ3n) is 4.98. The lowest BCUT2D eigenvalue weighted by molar-refractivity contribution is -0.125. The van der Waals surface area contributed by atoms with E-state index in [1.165, 1.54) is 11.0 Å². The molecule has 0 saturated carbocycles. The van der Waals surface area contributed by atoms with Crippen LogP contribution >= 0.6 is 0 Å². The highest BCUT2D eigenvalue weighted by Crippen LogP contribution is 2.22. The van der Waals surface area contributed by atoms with Gasteiger partial charge < -0.3 is 10.2 Å². The van der Waals surface area contributed by atoms with E-state index in [0.29, 0.717) is 24.6 Å². The summed E-state index contributed by atoms with van der Waals surface area (Å²) >= 11 is 0. The van der Waals surface area contributed by atoms with Crippen LogP contribution in [-0.4, -0.2) is 69.9 Å². The van der Waals surface area contributed by atoms with E-state index in [-0.39, 0.29) is 29.4 Å². The molecule has 11 heteroatoms. The lowest BCUT2D eigenvalue weighted by atomic mass is 9.96. The molecule has 1 N–H and O–H groups in total. The summed E-state index contributed by atoms with van der Waals surface area (Å²) in [5.41, 5.74) is 0. The maximum atomic E-state index is 12.6. The van der Waals surface area contributed by atoms with Gasteiger partial charge in [0.25, 0.3) is 0 Å². The van der Waals surface area contributed by atoms with Crippen molar-refractivity contribution in [3.05, 3.63) is 24.8 Å². The molecule has 27 heavy (non-hydrogen) atoms. The minimum absolute atomic E-state index is 0.0460. The molecule has 2 atom stereocenters. The Labute approximate surface area is 156 Å². The molecule has 4 rings (SSSR count). The topological polar surface area (TPSA) is 123 Å². The smallest absolute Gasteiger partial charge is 0.225 e. The Kier molecular flexibility index (Phi) is 4.77. The fraction of sp³-hybridized carbons (Fsp3) is 0.562. The molecule has 10 nitrogen and oxygen atoms in total. The van der Waals surface area contributed by atoms with Crippen LogP contribution in [0.4, 0.5) is 5.82 Å². The largest absolute Gasteiger partial charge is 0.354 e. The maximum absolute atomic E-state index is 12.6. The Morgan fingerprint density at radius 1 is 1.19 bits per heavy atom. The summed E-state index contributed by atoms with van der Waals surface area (Å²) in [6, 6.07) is 3.40. The van der Waals surface area contributed by atoms with Gasteiger partial charge in [-0.1, -0.05) is 0 Å². The molecule has 144 valence electrons. The molecule has 0 aliphatic carbocycles. The molecule has 2 aliphatic heterocycles. The van der Waals surface area contributed by atoms with E-state index in [1.54, 1.807) is 6.33 Å². The van der Waals surface area contributed by atoms with Crippen molar-refractivity contribution < 1.29 is 13.2 Å². The molecule has 2 aromatic rings. The van der Waals surface area contributed by atoms with Crippen molar-refractivity contribution in [2.45, 2.75) is 25.3 Å². The molecule has 0 spiro atoms. The van der Waals surface area contributed by atoms with Gasteiger partial charge in [-0.2, -0.15) is 5.10 Å². The first-order valence-corrected chi connectivity index (χ1v) is 10.8. The molecule has 2 aliphatic rings. The maximum Gasteiger partial charge on any atom is 0.225 e. The Morgan fingerprint density at radius 3 is 2.67 bits per heavy atom. The fourth-order valence-electron chi connectivity index (χ4n) is 3.56. The van der Waals surface area contributed by atoms with Crippen molar-refractivity contribution >= 4 is 21.6 Å². The number of carbonyl (C=O) groups is 1.